The molecule has 7 heteroatoms. The van der Waals surface area contributed by atoms with Crippen LogP contribution < -0.4 is 9.47 Å². The summed E-state index contributed by atoms with van der Waals surface area (Å²) in [6.45, 7) is 1.94. The molecule has 1 aromatic heterocycles. The number of rotatable bonds is 4. The summed E-state index contributed by atoms with van der Waals surface area (Å²) in [4.78, 5) is 4.50. The third-order valence-electron chi connectivity index (χ3n) is 3.95. The molecule has 26 heavy (non-hydrogen) atoms. The van der Waals surface area contributed by atoms with Gasteiger partial charge in [0.1, 0.15) is 5.75 Å². The highest BCUT2D eigenvalue weighted by atomic mass is 35.5. The van der Waals surface area contributed by atoms with E-state index in [1.165, 1.54) is 19.2 Å². The Kier molecular flexibility index (Phi) is 4.96. The number of benzene rings is 2. The molecule has 0 aliphatic heterocycles. The van der Waals surface area contributed by atoms with Gasteiger partial charge in [-0.15, -0.1) is 13.2 Å². The van der Waals surface area contributed by atoms with Crippen LogP contribution in [0.4, 0.5) is 13.2 Å². The Bertz CT molecular complexity index is 940. The maximum Gasteiger partial charge on any atom is 0.573 e. The Morgan fingerprint density at radius 3 is 2.38 bits per heavy atom. The second kappa shape index (κ2) is 7.03. The third kappa shape index (κ3) is 3.85. The van der Waals surface area contributed by atoms with Crippen LogP contribution >= 0.6 is 11.6 Å². The Morgan fingerprint density at radius 1 is 1.08 bits per heavy atom. The fourth-order valence-corrected chi connectivity index (χ4v) is 3.18. The Morgan fingerprint density at radius 2 is 1.77 bits per heavy atom. The quantitative estimate of drug-likeness (QED) is 0.581. The van der Waals surface area contributed by atoms with E-state index in [-0.39, 0.29) is 5.75 Å². The van der Waals surface area contributed by atoms with Crippen LogP contribution in [0.5, 0.6) is 11.6 Å². The van der Waals surface area contributed by atoms with Crippen molar-refractivity contribution < 1.29 is 22.6 Å². The van der Waals surface area contributed by atoms with Crippen molar-refractivity contribution in [3.05, 3.63) is 64.2 Å². The number of ether oxygens (including phenoxy) is 2. The fourth-order valence-electron chi connectivity index (χ4n) is 2.79. The van der Waals surface area contributed by atoms with Gasteiger partial charge in [0.2, 0.25) is 5.88 Å². The van der Waals surface area contributed by atoms with Crippen LogP contribution in [0.1, 0.15) is 16.7 Å². The molecule has 0 fully saturated rings. The van der Waals surface area contributed by atoms with E-state index in [1.54, 1.807) is 12.1 Å². The molecule has 1 heterocycles. The van der Waals surface area contributed by atoms with Gasteiger partial charge in [-0.25, -0.2) is 4.98 Å². The first-order valence-electron chi connectivity index (χ1n) is 7.75. The van der Waals surface area contributed by atoms with Crippen LogP contribution in [-0.2, 0) is 6.42 Å². The average Bonchev–Trinajstić information content (AvgIpc) is 2.57. The topological polar surface area (TPSA) is 31.4 Å². The summed E-state index contributed by atoms with van der Waals surface area (Å²) in [7, 11) is 1.50. The highest BCUT2D eigenvalue weighted by molar-refractivity contribution is 6.36. The number of methoxy groups -OCH3 is 1. The van der Waals surface area contributed by atoms with Gasteiger partial charge in [-0.2, -0.15) is 0 Å². The number of aryl methyl sites for hydroxylation is 1. The summed E-state index contributed by atoms with van der Waals surface area (Å²) >= 11 is 6.61. The molecular formula is C19H15ClF3NO2. The molecule has 0 radical (unpaired) electrons. The van der Waals surface area contributed by atoms with Crippen LogP contribution in [0.15, 0.2) is 42.5 Å². The number of hydrogen-bond acceptors (Lipinski definition) is 3. The summed E-state index contributed by atoms with van der Waals surface area (Å²) < 4.78 is 46.0. The SMILES string of the molecule is COc1nc2cccc(C)c2c(Cl)c1Cc1ccc(OC(F)(F)F)cc1. The first kappa shape index (κ1) is 18.3. The molecule has 0 atom stereocenters. The van der Waals surface area contributed by atoms with Gasteiger partial charge < -0.3 is 9.47 Å². The molecule has 0 spiro atoms. The van der Waals surface area contributed by atoms with Crippen LogP contribution in [0.2, 0.25) is 5.02 Å². The minimum atomic E-state index is -4.71. The van der Waals surface area contributed by atoms with Gasteiger partial charge in [-0.3, -0.25) is 0 Å². The van der Waals surface area contributed by atoms with Crippen molar-refractivity contribution >= 4 is 22.5 Å². The van der Waals surface area contributed by atoms with E-state index >= 15 is 0 Å². The molecule has 0 saturated heterocycles. The molecule has 0 amide bonds. The van der Waals surface area contributed by atoms with Gasteiger partial charge in [0.15, 0.2) is 0 Å². The molecule has 2 aromatic carbocycles. The average molecular weight is 382 g/mol. The number of nitrogens with zero attached hydrogens (tertiary/aromatic N) is 1. The standard InChI is InChI=1S/C19H15ClF3NO2/c1-11-4-3-5-15-16(11)17(20)14(18(24-15)25-2)10-12-6-8-13(9-7-12)26-19(21,22)23/h3-9H,10H2,1-2H3. The number of alkyl halides is 3. The molecule has 136 valence electrons. The van der Waals surface area contributed by atoms with Crippen molar-refractivity contribution in [1.29, 1.82) is 0 Å². The van der Waals surface area contributed by atoms with Gasteiger partial charge in [0.25, 0.3) is 0 Å². The molecular weight excluding hydrogens is 367 g/mol. The normalized spacial score (nSPS) is 11.6. The number of halogens is 4. The Labute approximate surface area is 153 Å². The highest BCUT2D eigenvalue weighted by Gasteiger charge is 2.31. The van der Waals surface area contributed by atoms with Gasteiger partial charge in [-0.05, 0) is 36.2 Å². The lowest BCUT2D eigenvalue weighted by molar-refractivity contribution is -0.274. The molecule has 3 nitrogen and oxygen atoms in total. The van der Waals surface area contributed by atoms with E-state index < -0.39 is 6.36 Å². The van der Waals surface area contributed by atoms with Crippen molar-refractivity contribution in [2.24, 2.45) is 0 Å². The van der Waals surface area contributed by atoms with E-state index in [0.29, 0.717) is 22.9 Å². The predicted molar refractivity (Wildman–Crippen MR) is 94.0 cm³/mol. The monoisotopic (exact) mass is 381 g/mol. The van der Waals surface area contributed by atoms with Crippen molar-refractivity contribution in [2.45, 2.75) is 19.7 Å². The zero-order valence-electron chi connectivity index (χ0n) is 14.0. The van der Waals surface area contributed by atoms with E-state index in [1.807, 2.05) is 25.1 Å². The minimum absolute atomic E-state index is 0.271. The first-order valence-corrected chi connectivity index (χ1v) is 8.12. The number of aromatic nitrogens is 1. The lowest BCUT2D eigenvalue weighted by Gasteiger charge is -2.14. The van der Waals surface area contributed by atoms with Gasteiger partial charge in [0, 0.05) is 17.4 Å². The second-order valence-corrected chi connectivity index (χ2v) is 6.13. The number of pyridine rings is 1. The smallest absolute Gasteiger partial charge is 0.481 e. The largest absolute Gasteiger partial charge is 0.573 e. The van der Waals surface area contributed by atoms with E-state index in [0.717, 1.165) is 22.0 Å². The molecule has 0 aliphatic rings. The van der Waals surface area contributed by atoms with Crippen molar-refractivity contribution in [3.8, 4) is 11.6 Å². The van der Waals surface area contributed by atoms with Gasteiger partial charge in [0.05, 0.1) is 17.6 Å². The van der Waals surface area contributed by atoms with E-state index in [4.69, 9.17) is 16.3 Å². The molecule has 3 rings (SSSR count). The van der Waals surface area contributed by atoms with Crippen LogP contribution in [-0.4, -0.2) is 18.5 Å². The summed E-state index contributed by atoms with van der Waals surface area (Å²) in [5.41, 5.74) is 3.15. The van der Waals surface area contributed by atoms with Crippen LogP contribution in [0.3, 0.4) is 0 Å². The highest BCUT2D eigenvalue weighted by Crippen LogP contribution is 2.35. The minimum Gasteiger partial charge on any atom is -0.481 e. The van der Waals surface area contributed by atoms with Gasteiger partial charge >= 0.3 is 6.36 Å². The summed E-state index contributed by atoms with van der Waals surface area (Å²) in [5.74, 6) is 0.121. The molecule has 0 bridgehead atoms. The van der Waals surface area contributed by atoms with Crippen LogP contribution in [0.25, 0.3) is 10.9 Å². The number of hydrogen-bond donors (Lipinski definition) is 0. The van der Waals surface area contributed by atoms with E-state index in [2.05, 4.69) is 9.72 Å². The maximum absolute atomic E-state index is 12.3. The first-order chi connectivity index (χ1) is 12.3. The maximum atomic E-state index is 12.3. The summed E-state index contributed by atoms with van der Waals surface area (Å²) in [6, 6.07) is 11.3. The molecule has 0 unspecified atom stereocenters. The van der Waals surface area contributed by atoms with E-state index in [9.17, 15) is 13.2 Å². The van der Waals surface area contributed by atoms with Crippen molar-refractivity contribution in [2.75, 3.05) is 7.11 Å². The zero-order valence-corrected chi connectivity index (χ0v) is 14.8. The molecule has 0 N–H and O–H groups in total. The lowest BCUT2D eigenvalue weighted by atomic mass is 10.0. The second-order valence-electron chi connectivity index (χ2n) is 5.75. The van der Waals surface area contributed by atoms with Crippen LogP contribution in [0, 0.1) is 6.92 Å². The zero-order chi connectivity index (χ0) is 18.9. The molecule has 0 saturated carbocycles. The Balaban J connectivity index is 1.98. The Hall–Kier alpha value is -2.47. The lowest BCUT2D eigenvalue weighted by Crippen LogP contribution is -2.17. The molecule has 0 aliphatic carbocycles. The number of fused-ring (bicyclic) bond motifs is 1. The third-order valence-corrected chi connectivity index (χ3v) is 4.36. The summed E-state index contributed by atoms with van der Waals surface area (Å²) in [6.07, 6.45) is -4.35. The predicted octanol–water partition coefficient (Wildman–Crippen LogP) is 5.69. The van der Waals surface area contributed by atoms with Crippen molar-refractivity contribution in [3.63, 3.8) is 0 Å². The molecule has 3 aromatic rings. The summed E-state index contributed by atoms with van der Waals surface area (Å²) in [5, 5.41) is 1.36. The van der Waals surface area contributed by atoms with Gasteiger partial charge in [-0.1, -0.05) is 35.9 Å². The van der Waals surface area contributed by atoms with Crippen molar-refractivity contribution in [1.82, 2.24) is 4.98 Å². The fraction of sp³-hybridized carbons (Fsp3) is 0.211.